The summed E-state index contributed by atoms with van der Waals surface area (Å²) in [5, 5.41) is 20.8. The standard InChI is InChI=1S/C27H18N6O4S/c1-37-22-13-12-18(14-21(22)33(35)36)24-19(16-31(29-24)20-10-6-3-7-11-20)15-23-26(34)32-27(38-23)28-25(30-32)17-8-4-2-5-9-17/h2-16H,1H3. The molecule has 3 aromatic heterocycles. The van der Waals surface area contributed by atoms with E-state index < -0.39 is 4.92 Å². The Hall–Kier alpha value is -5.16. The van der Waals surface area contributed by atoms with Crippen molar-refractivity contribution in [3.8, 4) is 34.1 Å². The van der Waals surface area contributed by atoms with Gasteiger partial charge in [-0.25, -0.2) is 4.68 Å². The van der Waals surface area contributed by atoms with Crippen LogP contribution in [0.25, 0.3) is 39.4 Å². The number of nitro benzene ring substituents is 1. The molecule has 6 rings (SSSR count). The minimum Gasteiger partial charge on any atom is -0.490 e. The van der Waals surface area contributed by atoms with Crippen LogP contribution < -0.4 is 14.8 Å². The predicted octanol–water partition coefficient (Wildman–Crippen LogP) is 4.14. The van der Waals surface area contributed by atoms with E-state index in [1.165, 1.54) is 35.1 Å². The number of methoxy groups -OCH3 is 1. The Morgan fingerprint density at radius 3 is 2.39 bits per heavy atom. The summed E-state index contributed by atoms with van der Waals surface area (Å²) in [4.78, 5) is 29.4. The Balaban J connectivity index is 1.51. The van der Waals surface area contributed by atoms with Crippen LogP contribution >= 0.6 is 11.3 Å². The van der Waals surface area contributed by atoms with Crippen molar-refractivity contribution in [2.75, 3.05) is 7.11 Å². The van der Waals surface area contributed by atoms with E-state index in [0.29, 0.717) is 32.1 Å². The van der Waals surface area contributed by atoms with Crippen molar-refractivity contribution in [1.29, 1.82) is 0 Å². The molecule has 186 valence electrons. The van der Waals surface area contributed by atoms with Gasteiger partial charge in [-0.3, -0.25) is 14.9 Å². The fourth-order valence-corrected chi connectivity index (χ4v) is 4.99. The number of aromatic nitrogens is 5. The minimum absolute atomic E-state index is 0.147. The molecule has 0 fully saturated rings. The summed E-state index contributed by atoms with van der Waals surface area (Å²) in [6.07, 6.45) is 3.49. The number of nitrogens with zero attached hydrogens (tertiary/aromatic N) is 6. The summed E-state index contributed by atoms with van der Waals surface area (Å²) in [5.74, 6) is 0.622. The zero-order valence-corrected chi connectivity index (χ0v) is 20.7. The number of nitro groups is 1. The second-order valence-electron chi connectivity index (χ2n) is 8.27. The van der Waals surface area contributed by atoms with E-state index in [4.69, 9.17) is 9.84 Å². The van der Waals surface area contributed by atoms with Gasteiger partial charge in [0.05, 0.1) is 22.3 Å². The van der Waals surface area contributed by atoms with E-state index in [-0.39, 0.29) is 17.0 Å². The van der Waals surface area contributed by atoms with Gasteiger partial charge in [-0.1, -0.05) is 59.9 Å². The number of thiazole rings is 1. The van der Waals surface area contributed by atoms with Crippen LogP contribution in [0.3, 0.4) is 0 Å². The lowest BCUT2D eigenvalue weighted by atomic mass is 10.1. The van der Waals surface area contributed by atoms with Gasteiger partial charge in [0.15, 0.2) is 11.6 Å². The smallest absolute Gasteiger partial charge is 0.311 e. The Morgan fingerprint density at radius 1 is 0.974 bits per heavy atom. The Morgan fingerprint density at radius 2 is 1.71 bits per heavy atom. The van der Waals surface area contributed by atoms with Gasteiger partial charge in [-0.15, -0.1) is 5.10 Å². The van der Waals surface area contributed by atoms with Crippen molar-refractivity contribution < 1.29 is 9.66 Å². The summed E-state index contributed by atoms with van der Waals surface area (Å²) in [6.45, 7) is 0. The highest BCUT2D eigenvalue weighted by Crippen LogP contribution is 2.33. The molecule has 0 atom stereocenters. The number of rotatable bonds is 6. The van der Waals surface area contributed by atoms with E-state index in [9.17, 15) is 14.9 Å². The maximum atomic E-state index is 13.2. The minimum atomic E-state index is -0.500. The Labute approximate surface area is 218 Å². The molecular weight excluding hydrogens is 504 g/mol. The summed E-state index contributed by atoms with van der Waals surface area (Å²) in [7, 11) is 1.38. The lowest BCUT2D eigenvalue weighted by Crippen LogP contribution is -2.23. The van der Waals surface area contributed by atoms with Gasteiger partial charge in [0, 0.05) is 29.0 Å². The van der Waals surface area contributed by atoms with Gasteiger partial charge in [-0.2, -0.15) is 14.6 Å². The monoisotopic (exact) mass is 522 g/mol. The van der Waals surface area contributed by atoms with Crippen LogP contribution in [0.15, 0.2) is 89.9 Å². The highest BCUT2D eigenvalue weighted by atomic mass is 32.1. The molecule has 0 unspecified atom stereocenters. The number of para-hydroxylation sites is 1. The van der Waals surface area contributed by atoms with E-state index in [1.54, 1.807) is 23.0 Å². The lowest BCUT2D eigenvalue weighted by molar-refractivity contribution is -0.385. The Bertz CT molecular complexity index is 1910. The number of fused-ring (bicyclic) bond motifs is 1. The SMILES string of the molecule is COc1ccc(-c2nn(-c3ccccc3)cc2C=c2sc3nc(-c4ccccc4)nn3c2=O)cc1[N+](=O)[O-]. The molecule has 3 heterocycles. The van der Waals surface area contributed by atoms with Crippen molar-refractivity contribution in [3.05, 3.63) is 116 Å². The van der Waals surface area contributed by atoms with Gasteiger partial charge >= 0.3 is 5.69 Å². The average Bonchev–Trinajstić information content (AvgIpc) is 3.64. The first-order chi connectivity index (χ1) is 18.5. The molecule has 38 heavy (non-hydrogen) atoms. The van der Waals surface area contributed by atoms with Crippen LogP contribution in [0.4, 0.5) is 5.69 Å². The van der Waals surface area contributed by atoms with E-state index >= 15 is 0 Å². The highest BCUT2D eigenvalue weighted by Gasteiger charge is 2.20. The maximum absolute atomic E-state index is 13.2. The van der Waals surface area contributed by atoms with Crippen LogP contribution in [0.5, 0.6) is 5.75 Å². The molecule has 0 radical (unpaired) electrons. The molecule has 0 saturated heterocycles. The van der Waals surface area contributed by atoms with Crippen molar-refractivity contribution in [1.82, 2.24) is 24.4 Å². The van der Waals surface area contributed by atoms with E-state index in [0.717, 1.165) is 11.3 Å². The average molecular weight is 523 g/mol. The van der Waals surface area contributed by atoms with Crippen molar-refractivity contribution in [2.45, 2.75) is 0 Å². The van der Waals surface area contributed by atoms with Crippen LogP contribution in [0, 0.1) is 10.1 Å². The third-order valence-electron chi connectivity index (χ3n) is 5.91. The molecule has 0 bridgehead atoms. The van der Waals surface area contributed by atoms with Gasteiger partial charge < -0.3 is 4.74 Å². The molecule has 3 aromatic carbocycles. The van der Waals surface area contributed by atoms with Crippen LogP contribution in [0.2, 0.25) is 0 Å². The maximum Gasteiger partial charge on any atom is 0.311 e. The normalized spacial score (nSPS) is 11.8. The lowest BCUT2D eigenvalue weighted by Gasteiger charge is -2.04. The first-order valence-corrected chi connectivity index (χ1v) is 12.3. The highest BCUT2D eigenvalue weighted by molar-refractivity contribution is 7.15. The van der Waals surface area contributed by atoms with Gasteiger partial charge in [0.2, 0.25) is 4.96 Å². The summed E-state index contributed by atoms with van der Waals surface area (Å²) >= 11 is 1.21. The number of benzene rings is 3. The van der Waals surface area contributed by atoms with Gasteiger partial charge in [0.25, 0.3) is 5.56 Å². The largest absolute Gasteiger partial charge is 0.490 e. The predicted molar refractivity (Wildman–Crippen MR) is 144 cm³/mol. The fraction of sp³-hybridized carbons (Fsp3) is 0.0370. The second-order valence-corrected chi connectivity index (χ2v) is 9.28. The van der Waals surface area contributed by atoms with Crippen LogP contribution in [0.1, 0.15) is 5.56 Å². The first kappa shape index (κ1) is 23.3. The zero-order chi connectivity index (χ0) is 26.2. The topological polar surface area (TPSA) is 117 Å². The third-order valence-corrected chi connectivity index (χ3v) is 6.87. The molecule has 11 heteroatoms. The zero-order valence-electron chi connectivity index (χ0n) is 19.9. The van der Waals surface area contributed by atoms with Gasteiger partial charge in [-0.05, 0) is 30.3 Å². The molecule has 0 aliphatic rings. The molecule has 0 aliphatic heterocycles. The molecule has 6 aromatic rings. The number of hydrogen-bond donors (Lipinski definition) is 0. The molecule has 0 spiro atoms. The summed E-state index contributed by atoms with van der Waals surface area (Å²) < 4.78 is 8.52. The van der Waals surface area contributed by atoms with Crippen LogP contribution in [-0.2, 0) is 0 Å². The number of hydrogen-bond acceptors (Lipinski definition) is 8. The Kier molecular flexibility index (Phi) is 5.74. The van der Waals surface area contributed by atoms with Crippen molar-refractivity contribution >= 4 is 28.1 Å². The van der Waals surface area contributed by atoms with Crippen LogP contribution in [-0.4, -0.2) is 36.4 Å². The second kappa shape index (κ2) is 9.37. The van der Waals surface area contributed by atoms with Gasteiger partial charge in [0.1, 0.15) is 5.69 Å². The molecule has 0 aliphatic carbocycles. The molecule has 0 saturated carbocycles. The van der Waals surface area contributed by atoms with E-state index in [2.05, 4.69) is 10.1 Å². The quantitative estimate of drug-likeness (QED) is 0.238. The molecular formula is C27H18N6O4S. The van der Waals surface area contributed by atoms with Crippen molar-refractivity contribution in [2.24, 2.45) is 0 Å². The molecule has 0 N–H and O–H groups in total. The first-order valence-electron chi connectivity index (χ1n) is 11.5. The third kappa shape index (κ3) is 4.10. The summed E-state index contributed by atoms with van der Waals surface area (Å²) in [6, 6.07) is 23.6. The molecule has 10 nitrogen and oxygen atoms in total. The van der Waals surface area contributed by atoms with Crippen molar-refractivity contribution in [3.63, 3.8) is 0 Å². The molecule has 0 amide bonds. The summed E-state index contributed by atoms with van der Waals surface area (Å²) in [5.41, 5.74) is 2.73. The number of ether oxygens (including phenoxy) is 1. The van der Waals surface area contributed by atoms with E-state index in [1.807, 2.05) is 60.7 Å². The fourth-order valence-electron chi connectivity index (χ4n) is 4.09.